The van der Waals surface area contributed by atoms with Gasteiger partial charge in [0, 0.05) is 20.8 Å². The van der Waals surface area contributed by atoms with Crippen LogP contribution in [0, 0.1) is 17.8 Å². The van der Waals surface area contributed by atoms with Crippen molar-refractivity contribution in [3.05, 3.63) is 0 Å². The molecule has 1 aliphatic rings. The summed E-state index contributed by atoms with van der Waals surface area (Å²) in [4.78, 5) is 0. The van der Waals surface area contributed by atoms with Crippen LogP contribution in [-0.4, -0.2) is 29.1 Å². The van der Waals surface area contributed by atoms with Crippen molar-refractivity contribution in [2.45, 2.75) is 52.7 Å². The summed E-state index contributed by atoms with van der Waals surface area (Å²) >= 11 is 0. The van der Waals surface area contributed by atoms with Crippen molar-refractivity contribution in [2.24, 2.45) is 17.8 Å². The fourth-order valence-electron chi connectivity index (χ4n) is 2.70. The van der Waals surface area contributed by atoms with Crippen LogP contribution in [0.2, 0.25) is 6.55 Å². The Labute approximate surface area is 107 Å². The SMILES string of the molecule is CO[Si](C)(OC)OC1CC(C)CCC1C(C)C. The van der Waals surface area contributed by atoms with Crippen LogP contribution in [0.15, 0.2) is 0 Å². The Morgan fingerprint density at radius 3 is 2.18 bits per heavy atom. The second-order valence-electron chi connectivity index (χ2n) is 5.75. The van der Waals surface area contributed by atoms with Gasteiger partial charge in [-0.15, -0.1) is 0 Å². The van der Waals surface area contributed by atoms with E-state index in [1.807, 2.05) is 6.55 Å². The maximum absolute atomic E-state index is 6.22. The molecule has 1 rings (SSSR count). The number of rotatable bonds is 5. The van der Waals surface area contributed by atoms with Crippen molar-refractivity contribution in [3.8, 4) is 0 Å². The molecule has 3 unspecified atom stereocenters. The maximum Gasteiger partial charge on any atom is 0.497 e. The normalized spacial score (nSPS) is 30.9. The Kier molecular flexibility index (Phi) is 5.63. The summed E-state index contributed by atoms with van der Waals surface area (Å²) in [5.41, 5.74) is 0. The lowest BCUT2D eigenvalue weighted by molar-refractivity contribution is -0.0132. The van der Waals surface area contributed by atoms with E-state index < -0.39 is 8.80 Å². The molecule has 4 heteroatoms. The minimum Gasteiger partial charge on any atom is -0.377 e. The van der Waals surface area contributed by atoms with Gasteiger partial charge in [0.1, 0.15) is 0 Å². The zero-order chi connectivity index (χ0) is 13.1. The third-order valence-electron chi connectivity index (χ3n) is 4.07. The first-order valence-corrected chi connectivity index (χ1v) is 8.92. The zero-order valence-electron chi connectivity index (χ0n) is 12.2. The molecule has 0 aromatic rings. The van der Waals surface area contributed by atoms with E-state index in [1.165, 1.54) is 12.8 Å². The summed E-state index contributed by atoms with van der Waals surface area (Å²) < 4.78 is 17.1. The van der Waals surface area contributed by atoms with Gasteiger partial charge in [-0.1, -0.05) is 27.2 Å². The van der Waals surface area contributed by atoms with Gasteiger partial charge in [-0.05, 0) is 30.6 Å². The van der Waals surface area contributed by atoms with Crippen LogP contribution in [0.5, 0.6) is 0 Å². The van der Waals surface area contributed by atoms with Gasteiger partial charge in [0.15, 0.2) is 0 Å². The summed E-state index contributed by atoms with van der Waals surface area (Å²) in [6.07, 6.45) is 4.02. The van der Waals surface area contributed by atoms with Crippen LogP contribution in [0.25, 0.3) is 0 Å². The average Bonchev–Trinajstić information content (AvgIpc) is 2.28. The van der Waals surface area contributed by atoms with Gasteiger partial charge in [0.2, 0.25) is 0 Å². The molecule has 17 heavy (non-hydrogen) atoms. The van der Waals surface area contributed by atoms with Crippen molar-refractivity contribution in [1.29, 1.82) is 0 Å². The van der Waals surface area contributed by atoms with Gasteiger partial charge in [-0.2, -0.15) is 0 Å². The van der Waals surface area contributed by atoms with E-state index in [2.05, 4.69) is 20.8 Å². The van der Waals surface area contributed by atoms with Crippen LogP contribution >= 0.6 is 0 Å². The topological polar surface area (TPSA) is 27.7 Å². The fraction of sp³-hybridized carbons (Fsp3) is 1.00. The summed E-state index contributed by atoms with van der Waals surface area (Å²) in [7, 11) is 0.972. The molecule has 0 radical (unpaired) electrons. The van der Waals surface area contributed by atoms with Crippen LogP contribution in [0.3, 0.4) is 0 Å². The van der Waals surface area contributed by atoms with Crippen LogP contribution in [-0.2, 0) is 13.3 Å². The average molecular weight is 260 g/mol. The smallest absolute Gasteiger partial charge is 0.377 e. The third kappa shape index (κ3) is 4.05. The second kappa shape index (κ2) is 6.32. The number of hydrogen-bond acceptors (Lipinski definition) is 3. The van der Waals surface area contributed by atoms with Gasteiger partial charge < -0.3 is 13.3 Å². The Balaban J connectivity index is 2.69. The van der Waals surface area contributed by atoms with E-state index in [4.69, 9.17) is 13.3 Å². The van der Waals surface area contributed by atoms with E-state index in [1.54, 1.807) is 14.2 Å². The summed E-state index contributed by atoms with van der Waals surface area (Å²) in [5.74, 6) is 2.06. The van der Waals surface area contributed by atoms with E-state index in [9.17, 15) is 0 Å². The predicted molar refractivity (Wildman–Crippen MR) is 71.9 cm³/mol. The van der Waals surface area contributed by atoms with Gasteiger partial charge >= 0.3 is 8.80 Å². The lowest BCUT2D eigenvalue weighted by Crippen LogP contribution is -2.48. The third-order valence-corrected chi connectivity index (χ3v) is 6.28. The Morgan fingerprint density at radius 2 is 1.71 bits per heavy atom. The minimum atomic E-state index is -2.40. The van der Waals surface area contributed by atoms with Gasteiger partial charge in [-0.25, -0.2) is 0 Å². The molecule has 102 valence electrons. The highest BCUT2D eigenvalue weighted by Gasteiger charge is 2.40. The van der Waals surface area contributed by atoms with Crippen molar-refractivity contribution < 1.29 is 13.3 Å². The lowest BCUT2D eigenvalue weighted by atomic mass is 9.75. The van der Waals surface area contributed by atoms with Crippen molar-refractivity contribution >= 4 is 8.80 Å². The van der Waals surface area contributed by atoms with E-state index >= 15 is 0 Å². The first-order valence-electron chi connectivity index (χ1n) is 6.70. The Morgan fingerprint density at radius 1 is 1.12 bits per heavy atom. The minimum absolute atomic E-state index is 0.301. The highest BCUT2D eigenvalue weighted by Crippen LogP contribution is 2.36. The molecule has 0 spiro atoms. The fourth-order valence-corrected chi connectivity index (χ4v) is 3.88. The first kappa shape index (κ1) is 15.2. The largest absolute Gasteiger partial charge is 0.497 e. The van der Waals surface area contributed by atoms with Crippen molar-refractivity contribution in [3.63, 3.8) is 0 Å². The zero-order valence-corrected chi connectivity index (χ0v) is 13.2. The molecule has 3 atom stereocenters. The molecule has 0 aromatic carbocycles. The summed E-state index contributed by atoms with van der Waals surface area (Å²) in [5, 5.41) is 0. The molecular weight excluding hydrogens is 232 g/mol. The monoisotopic (exact) mass is 260 g/mol. The second-order valence-corrected chi connectivity index (χ2v) is 8.53. The quantitative estimate of drug-likeness (QED) is 0.710. The van der Waals surface area contributed by atoms with Gasteiger partial charge in [-0.3, -0.25) is 0 Å². The first-order chi connectivity index (χ1) is 7.91. The number of hydrogen-bond donors (Lipinski definition) is 0. The molecule has 0 aromatic heterocycles. The van der Waals surface area contributed by atoms with Crippen LogP contribution in [0.1, 0.15) is 40.0 Å². The van der Waals surface area contributed by atoms with Crippen LogP contribution in [0.4, 0.5) is 0 Å². The van der Waals surface area contributed by atoms with Crippen LogP contribution < -0.4 is 0 Å². The highest BCUT2D eigenvalue weighted by atomic mass is 28.4. The molecule has 0 amide bonds. The molecular formula is C13H28O3Si. The van der Waals surface area contributed by atoms with E-state index in [0.29, 0.717) is 17.9 Å². The molecule has 0 bridgehead atoms. The van der Waals surface area contributed by atoms with Crippen molar-refractivity contribution in [2.75, 3.05) is 14.2 Å². The molecule has 3 nitrogen and oxygen atoms in total. The molecule has 1 saturated carbocycles. The highest BCUT2D eigenvalue weighted by molar-refractivity contribution is 6.59. The Hall–Kier alpha value is 0.0969. The molecule has 0 heterocycles. The predicted octanol–water partition coefficient (Wildman–Crippen LogP) is 3.33. The van der Waals surface area contributed by atoms with Gasteiger partial charge in [0.05, 0.1) is 6.10 Å². The lowest BCUT2D eigenvalue weighted by Gasteiger charge is -2.40. The van der Waals surface area contributed by atoms with E-state index in [-0.39, 0.29) is 0 Å². The van der Waals surface area contributed by atoms with Gasteiger partial charge in [0.25, 0.3) is 0 Å². The summed E-state index contributed by atoms with van der Waals surface area (Å²) in [6.45, 7) is 8.86. The standard InChI is InChI=1S/C13H28O3Si/c1-10(2)12-8-7-11(3)9-13(12)16-17(6,14-4)15-5/h10-13H,7-9H2,1-6H3. The summed E-state index contributed by atoms with van der Waals surface area (Å²) in [6, 6.07) is 0. The maximum atomic E-state index is 6.22. The molecule has 1 aliphatic carbocycles. The van der Waals surface area contributed by atoms with E-state index in [0.717, 1.165) is 12.3 Å². The Bertz CT molecular complexity index is 229. The molecule has 0 aliphatic heterocycles. The van der Waals surface area contributed by atoms with Crippen molar-refractivity contribution in [1.82, 2.24) is 0 Å². The molecule has 1 fully saturated rings. The molecule has 0 saturated heterocycles. The molecule has 0 N–H and O–H groups in total.